The second-order valence-electron chi connectivity index (χ2n) is 5.53. The van der Waals surface area contributed by atoms with Gasteiger partial charge in [-0.15, -0.1) is 0 Å². The summed E-state index contributed by atoms with van der Waals surface area (Å²) >= 11 is 0. The van der Waals surface area contributed by atoms with Crippen molar-refractivity contribution in [3.05, 3.63) is 0 Å². The van der Waals surface area contributed by atoms with Crippen molar-refractivity contribution in [3.8, 4) is 0 Å². The van der Waals surface area contributed by atoms with Crippen LogP contribution >= 0.6 is 0 Å². The van der Waals surface area contributed by atoms with E-state index < -0.39 is 0 Å². The minimum absolute atomic E-state index is 0.848. The van der Waals surface area contributed by atoms with Gasteiger partial charge in [-0.25, -0.2) is 0 Å². The predicted molar refractivity (Wildman–Crippen MR) is 78.1 cm³/mol. The van der Waals surface area contributed by atoms with Crippen LogP contribution in [-0.4, -0.2) is 50.8 Å². The lowest BCUT2D eigenvalue weighted by atomic mass is 10.0. The van der Waals surface area contributed by atoms with Gasteiger partial charge >= 0.3 is 0 Å². The number of likely N-dealkylation sites (tertiary alicyclic amines) is 1. The van der Waals surface area contributed by atoms with Crippen molar-refractivity contribution in [2.75, 3.05) is 45.9 Å². The van der Waals surface area contributed by atoms with Gasteiger partial charge in [0.15, 0.2) is 0 Å². The number of nitrogens with one attached hydrogen (secondary N) is 1. The average molecular weight is 256 g/mol. The second-order valence-corrected chi connectivity index (χ2v) is 5.53. The molecule has 0 saturated carbocycles. The normalized spacial score (nSPS) is 22.0. The van der Waals surface area contributed by atoms with Crippen LogP contribution in [0.2, 0.25) is 0 Å². The van der Waals surface area contributed by atoms with Crippen molar-refractivity contribution in [3.63, 3.8) is 0 Å². The maximum absolute atomic E-state index is 5.32. The Labute approximate surface area is 113 Å². The van der Waals surface area contributed by atoms with Crippen molar-refractivity contribution in [1.82, 2.24) is 10.2 Å². The van der Waals surface area contributed by atoms with Crippen molar-refractivity contribution >= 4 is 0 Å². The van der Waals surface area contributed by atoms with Crippen molar-refractivity contribution in [1.29, 1.82) is 0 Å². The smallest absolute Gasteiger partial charge is 0.0466 e. The Kier molecular flexibility index (Phi) is 9.54. The lowest BCUT2D eigenvalue weighted by Gasteiger charge is -2.20. The minimum atomic E-state index is 0.848. The van der Waals surface area contributed by atoms with Gasteiger partial charge in [0.25, 0.3) is 0 Å². The molecule has 0 bridgehead atoms. The Hall–Kier alpha value is -0.120. The molecule has 3 nitrogen and oxygen atoms in total. The van der Waals surface area contributed by atoms with E-state index >= 15 is 0 Å². The molecule has 18 heavy (non-hydrogen) atoms. The van der Waals surface area contributed by atoms with E-state index in [2.05, 4.69) is 24.1 Å². The van der Waals surface area contributed by atoms with Crippen molar-refractivity contribution in [2.24, 2.45) is 5.92 Å². The average Bonchev–Trinajstić information content (AvgIpc) is 2.58. The van der Waals surface area contributed by atoms with Crippen LogP contribution in [0, 0.1) is 5.92 Å². The SMILES string of the molecule is CCOCCCCNCCN1CCCC(C)CC1. The lowest BCUT2D eigenvalue weighted by Crippen LogP contribution is -2.33. The molecule has 1 heterocycles. The molecule has 0 spiro atoms. The molecule has 0 amide bonds. The largest absolute Gasteiger partial charge is 0.382 e. The maximum atomic E-state index is 5.32. The van der Waals surface area contributed by atoms with Crippen LogP contribution in [0.25, 0.3) is 0 Å². The first-order valence-electron chi connectivity index (χ1n) is 7.83. The Morgan fingerprint density at radius 1 is 1.17 bits per heavy atom. The van der Waals surface area contributed by atoms with Gasteiger partial charge in [-0.2, -0.15) is 0 Å². The van der Waals surface area contributed by atoms with Crippen molar-refractivity contribution in [2.45, 2.75) is 46.0 Å². The van der Waals surface area contributed by atoms with Crippen LogP contribution in [0.4, 0.5) is 0 Å². The van der Waals surface area contributed by atoms with Gasteiger partial charge in [0.1, 0.15) is 0 Å². The number of nitrogens with zero attached hydrogens (tertiary/aromatic N) is 1. The summed E-state index contributed by atoms with van der Waals surface area (Å²) in [5, 5.41) is 3.54. The molecule has 0 radical (unpaired) electrons. The fourth-order valence-corrected chi connectivity index (χ4v) is 2.51. The number of hydrogen-bond acceptors (Lipinski definition) is 3. The Balaban J connectivity index is 1.88. The van der Waals surface area contributed by atoms with Crippen LogP contribution in [0.3, 0.4) is 0 Å². The van der Waals surface area contributed by atoms with Crippen molar-refractivity contribution < 1.29 is 4.74 Å². The van der Waals surface area contributed by atoms with E-state index in [1.165, 1.54) is 51.7 Å². The fraction of sp³-hybridized carbons (Fsp3) is 1.00. The van der Waals surface area contributed by atoms with Crippen LogP contribution in [-0.2, 0) is 4.74 Å². The summed E-state index contributed by atoms with van der Waals surface area (Å²) in [7, 11) is 0. The molecule has 1 unspecified atom stereocenters. The van der Waals surface area contributed by atoms with Gasteiger partial charge in [0.2, 0.25) is 0 Å². The van der Waals surface area contributed by atoms with Crippen LogP contribution < -0.4 is 5.32 Å². The van der Waals surface area contributed by atoms with Gasteiger partial charge in [-0.1, -0.05) is 6.92 Å². The highest BCUT2D eigenvalue weighted by molar-refractivity contribution is 4.68. The zero-order valence-corrected chi connectivity index (χ0v) is 12.4. The van der Waals surface area contributed by atoms with E-state index in [1.807, 2.05) is 0 Å². The lowest BCUT2D eigenvalue weighted by molar-refractivity contribution is 0.143. The molecule has 0 aromatic heterocycles. The molecule has 1 aliphatic rings. The maximum Gasteiger partial charge on any atom is 0.0466 e. The summed E-state index contributed by atoms with van der Waals surface area (Å²) < 4.78 is 5.32. The minimum Gasteiger partial charge on any atom is -0.382 e. The van der Waals surface area contributed by atoms with E-state index in [1.54, 1.807) is 0 Å². The quantitative estimate of drug-likeness (QED) is 0.642. The third-order valence-corrected chi connectivity index (χ3v) is 3.81. The fourth-order valence-electron chi connectivity index (χ4n) is 2.51. The number of hydrogen-bond donors (Lipinski definition) is 1. The van der Waals surface area contributed by atoms with E-state index in [4.69, 9.17) is 4.74 Å². The molecule has 3 heteroatoms. The van der Waals surface area contributed by atoms with E-state index in [0.29, 0.717) is 0 Å². The molecular formula is C15H32N2O. The summed E-state index contributed by atoms with van der Waals surface area (Å²) in [4.78, 5) is 2.62. The van der Waals surface area contributed by atoms with Gasteiger partial charge in [-0.3, -0.25) is 0 Å². The summed E-state index contributed by atoms with van der Waals surface area (Å²) in [5.74, 6) is 0.932. The zero-order chi connectivity index (χ0) is 13.1. The van der Waals surface area contributed by atoms with E-state index in [0.717, 1.165) is 32.2 Å². The molecule has 1 atom stereocenters. The highest BCUT2D eigenvalue weighted by Crippen LogP contribution is 2.15. The second kappa shape index (κ2) is 10.8. The molecule has 0 aromatic rings. The van der Waals surface area contributed by atoms with Gasteiger partial charge in [0.05, 0.1) is 0 Å². The summed E-state index contributed by atoms with van der Waals surface area (Å²) in [6, 6.07) is 0. The first-order chi connectivity index (χ1) is 8.83. The molecule has 1 rings (SSSR count). The summed E-state index contributed by atoms with van der Waals surface area (Å²) in [5.41, 5.74) is 0. The Morgan fingerprint density at radius 2 is 2.06 bits per heavy atom. The highest BCUT2D eigenvalue weighted by Gasteiger charge is 2.12. The summed E-state index contributed by atoms with van der Waals surface area (Å²) in [6.07, 6.45) is 6.60. The molecule has 1 N–H and O–H groups in total. The third kappa shape index (κ3) is 8.06. The topological polar surface area (TPSA) is 24.5 Å². The first-order valence-corrected chi connectivity index (χ1v) is 7.83. The standard InChI is InChI=1S/C15H32N2O/c1-3-18-14-5-4-9-16-10-13-17-11-6-7-15(2)8-12-17/h15-16H,3-14H2,1-2H3. The zero-order valence-electron chi connectivity index (χ0n) is 12.4. The number of unbranched alkanes of at least 4 members (excludes halogenated alkanes) is 1. The van der Waals surface area contributed by atoms with Crippen LogP contribution in [0.15, 0.2) is 0 Å². The van der Waals surface area contributed by atoms with Gasteiger partial charge < -0.3 is 15.0 Å². The highest BCUT2D eigenvalue weighted by atomic mass is 16.5. The molecule has 0 aliphatic carbocycles. The molecule has 108 valence electrons. The van der Waals surface area contributed by atoms with E-state index in [-0.39, 0.29) is 0 Å². The summed E-state index contributed by atoms with van der Waals surface area (Å²) in [6.45, 7) is 12.3. The number of rotatable bonds is 9. The molecule has 1 fully saturated rings. The van der Waals surface area contributed by atoms with E-state index in [9.17, 15) is 0 Å². The van der Waals surface area contributed by atoms with Crippen LogP contribution in [0.1, 0.15) is 46.0 Å². The Morgan fingerprint density at radius 3 is 2.89 bits per heavy atom. The van der Waals surface area contributed by atoms with Gasteiger partial charge in [0, 0.05) is 26.3 Å². The first kappa shape index (κ1) is 15.9. The predicted octanol–water partition coefficient (Wildman–Crippen LogP) is 2.51. The Bertz CT molecular complexity index is 187. The molecule has 1 saturated heterocycles. The van der Waals surface area contributed by atoms with Gasteiger partial charge in [-0.05, 0) is 64.6 Å². The van der Waals surface area contributed by atoms with Crippen LogP contribution in [0.5, 0.6) is 0 Å². The third-order valence-electron chi connectivity index (χ3n) is 3.81. The molecule has 0 aromatic carbocycles. The molecular weight excluding hydrogens is 224 g/mol. The number of ether oxygens (including phenoxy) is 1. The monoisotopic (exact) mass is 256 g/mol. The molecule has 1 aliphatic heterocycles.